The maximum absolute atomic E-state index is 12.8. The number of primary amides is 1. The Morgan fingerprint density at radius 1 is 1.09 bits per heavy atom. The van der Waals surface area contributed by atoms with Crippen LogP contribution in [0.15, 0.2) is 42.5 Å². The molecule has 0 aliphatic heterocycles. The Labute approximate surface area is 126 Å². The molecule has 5 heteroatoms. The molecule has 1 amide bonds. The van der Waals surface area contributed by atoms with Crippen LogP contribution in [0, 0.1) is 0 Å². The number of amides is 1. The SMILES string of the molecule is CC(C)c1cccc(-c2ccc(C(F)(F)F)cc2C(N)=O)c1. The van der Waals surface area contributed by atoms with Crippen molar-refractivity contribution in [3.63, 3.8) is 0 Å². The van der Waals surface area contributed by atoms with E-state index in [1.54, 1.807) is 6.07 Å². The van der Waals surface area contributed by atoms with E-state index in [0.29, 0.717) is 11.1 Å². The molecule has 0 atom stereocenters. The number of rotatable bonds is 3. The summed E-state index contributed by atoms with van der Waals surface area (Å²) < 4.78 is 38.3. The Kier molecular flexibility index (Phi) is 4.26. The summed E-state index contributed by atoms with van der Waals surface area (Å²) >= 11 is 0. The van der Waals surface area contributed by atoms with Crippen LogP contribution in [0.3, 0.4) is 0 Å². The number of carbonyl (C=O) groups excluding carboxylic acids is 1. The molecule has 2 rings (SSSR count). The van der Waals surface area contributed by atoms with Crippen molar-refractivity contribution in [2.75, 3.05) is 0 Å². The summed E-state index contributed by atoms with van der Waals surface area (Å²) in [5, 5.41) is 0. The normalized spacial score (nSPS) is 11.7. The standard InChI is InChI=1S/C17H16F3NO/c1-10(2)11-4-3-5-12(8-11)14-7-6-13(17(18,19)20)9-15(14)16(21)22/h3-10H,1-2H3,(H2,21,22). The van der Waals surface area contributed by atoms with Crippen molar-refractivity contribution in [3.8, 4) is 11.1 Å². The zero-order chi connectivity index (χ0) is 16.5. The summed E-state index contributed by atoms with van der Waals surface area (Å²) in [6, 6.07) is 10.4. The van der Waals surface area contributed by atoms with E-state index >= 15 is 0 Å². The molecule has 0 aromatic heterocycles. The minimum Gasteiger partial charge on any atom is -0.366 e. The molecule has 0 unspecified atom stereocenters. The Bertz CT molecular complexity index is 705. The van der Waals surface area contributed by atoms with Crippen LogP contribution in [0.5, 0.6) is 0 Å². The second kappa shape index (κ2) is 5.83. The molecule has 0 fully saturated rings. The Hall–Kier alpha value is -2.30. The summed E-state index contributed by atoms with van der Waals surface area (Å²) in [5.74, 6) is -0.609. The van der Waals surface area contributed by atoms with E-state index in [-0.39, 0.29) is 11.5 Å². The van der Waals surface area contributed by atoms with E-state index < -0.39 is 17.6 Å². The maximum Gasteiger partial charge on any atom is 0.416 e. The van der Waals surface area contributed by atoms with Gasteiger partial charge in [0, 0.05) is 5.56 Å². The summed E-state index contributed by atoms with van der Waals surface area (Å²) in [5.41, 5.74) is 6.36. The molecule has 0 bridgehead atoms. The fraction of sp³-hybridized carbons (Fsp3) is 0.235. The smallest absolute Gasteiger partial charge is 0.366 e. The largest absolute Gasteiger partial charge is 0.416 e. The van der Waals surface area contributed by atoms with Gasteiger partial charge < -0.3 is 5.73 Å². The fourth-order valence-electron chi connectivity index (χ4n) is 2.24. The van der Waals surface area contributed by atoms with Gasteiger partial charge in [-0.15, -0.1) is 0 Å². The first-order valence-electron chi connectivity index (χ1n) is 6.81. The molecule has 116 valence electrons. The highest BCUT2D eigenvalue weighted by Crippen LogP contribution is 2.34. The van der Waals surface area contributed by atoms with Crippen LogP contribution in [0.1, 0.15) is 41.3 Å². The first kappa shape index (κ1) is 16.1. The number of halogens is 3. The molecule has 0 aliphatic carbocycles. The Morgan fingerprint density at radius 3 is 2.32 bits per heavy atom. The van der Waals surface area contributed by atoms with Crippen molar-refractivity contribution in [2.24, 2.45) is 5.73 Å². The summed E-state index contributed by atoms with van der Waals surface area (Å²) in [6.07, 6.45) is -4.51. The number of nitrogens with two attached hydrogens (primary N) is 1. The van der Waals surface area contributed by atoms with Gasteiger partial charge in [-0.05, 0) is 34.7 Å². The molecular weight excluding hydrogens is 291 g/mol. The molecule has 2 aromatic carbocycles. The quantitative estimate of drug-likeness (QED) is 0.885. The first-order valence-corrected chi connectivity index (χ1v) is 6.81. The fourth-order valence-corrected chi connectivity index (χ4v) is 2.24. The molecule has 0 heterocycles. The van der Waals surface area contributed by atoms with Gasteiger partial charge in [0.2, 0.25) is 5.91 Å². The predicted molar refractivity (Wildman–Crippen MR) is 79.5 cm³/mol. The van der Waals surface area contributed by atoms with Gasteiger partial charge in [0.25, 0.3) is 0 Å². The lowest BCUT2D eigenvalue weighted by atomic mass is 9.93. The second-order valence-corrected chi connectivity index (χ2v) is 5.40. The van der Waals surface area contributed by atoms with E-state index in [2.05, 4.69) is 0 Å². The molecular formula is C17H16F3NO. The molecule has 22 heavy (non-hydrogen) atoms. The Morgan fingerprint density at radius 2 is 1.77 bits per heavy atom. The highest BCUT2D eigenvalue weighted by molar-refractivity contribution is 6.00. The summed E-state index contributed by atoms with van der Waals surface area (Å²) in [6.45, 7) is 4.03. The lowest BCUT2D eigenvalue weighted by Crippen LogP contribution is -2.15. The third-order valence-electron chi connectivity index (χ3n) is 3.48. The van der Waals surface area contributed by atoms with Crippen molar-refractivity contribution in [3.05, 3.63) is 59.2 Å². The van der Waals surface area contributed by atoms with E-state index in [9.17, 15) is 18.0 Å². The van der Waals surface area contributed by atoms with E-state index in [0.717, 1.165) is 17.7 Å². The molecule has 0 aliphatic rings. The summed E-state index contributed by atoms with van der Waals surface area (Å²) in [7, 11) is 0. The van der Waals surface area contributed by atoms with Gasteiger partial charge >= 0.3 is 6.18 Å². The number of alkyl halides is 3. The highest BCUT2D eigenvalue weighted by atomic mass is 19.4. The second-order valence-electron chi connectivity index (χ2n) is 5.40. The number of benzene rings is 2. The van der Waals surface area contributed by atoms with Crippen LogP contribution in [-0.2, 0) is 6.18 Å². The lowest BCUT2D eigenvalue weighted by molar-refractivity contribution is -0.137. The van der Waals surface area contributed by atoms with E-state index in [4.69, 9.17) is 5.73 Å². The van der Waals surface area contributed by atoms with Gasteiger partial charge in [-0.1, -0.05) is 44.2 Å². The van der Waals surface area contributed by atoms with Crippen LogP contribution in [-0.4, -0.2) is 5.91 Å². The molecule has 2 N–H and O–H groups in total. The van der Waals surface area contributed by atoms with Gasteiger partial charge in [-0.2, -0.15) is 13.2 Å². The van der Waals surface area contributed by atoms with Crippen molar-refractivity contribution in [1.82, 2.24) is 0 Å². The number of hydrogen-bond acceptors (Lipinski definition) is 1. The zero-order valence-electron chi connectivity index (χ0n) is 12.2. The third-order valence-corrected chi connectivity index (χ3v) is 3.48. The minimum absolute atomic E-state index is 0.129. The van der Waals surface area contributed by atoms with Crippen LogP contribution < -0.4 is 5.73 Å². The van der Waals surface area contributed by atoms with Crippen LogP contribution in [0.4, 0.5) is 13.2 Å². The average Bonchev–Trinajstić information content (AvgIpc) is 2.45. The summed E-state index contributed by atoms with van der Waals surface area (Å²) in [4.78, 5) is 11.5. The molecule has 2 aromatic rings. The molecule has 0 saturated heterocycles. The number of carbonyl (C=O) groups is 1. The minimum atomic E-state index is -4.51. The first-order chi connectivity index (χ1) is 10.2. The molecule has 0 radical (unpaired) electrons. The third kappa shape index (κ3) is 3.30. The molecule has 2 nitrogen and oxygen atoms in total. The van der Waals surface area contributed by atoms with Crippen molar-refractivity contribution >= 4 is 5.91 Å². The van der Waals surface area contributed by atoms with Gasteiger partial charge in [-0.25, -0.2) is 0 Å². The topological polar surface area (TPSA) is 43.1 Å². The average molecular weight is 307 g/mol. The van der Waals surface area contributed by atoms with Gasteiger partial charge in [0.1, 0.15) is 0 Å². The molecule has 0 spiro atoms. The van der Waals surface area contributed by atoms with Crippen molar-refractivity contribution in [1.29, 1.82) is 0 Å². The van der Waals surface area contributed by atoms with Crippen molar-refractivity contribution < 1.29 is 18.0 Å². The number of hydrogen-bond donors (Lipinski definition) is 1. The predicted octanol–water partition coefficient (Wildman–Crippen LogP) is 4.59. The van der Waals surface area contributed by atoms with Crippen LogP contribution in [0.2, 0.25) is 0 Å². The zero-order valence-corrected chi connectivity index (χ0v) is 12.2. The Balaban J connectivity index is 2.60. The maximum atomic E-state index is 12.8. The van der Waals surface area contributed by atoms with Crippen molar-refractivity contribution in [2.45, 2.75) is 25.9 Å². The molecule has 0 saturated carbocycles. The van der Waals surface area contributed by atoms with Crippen LogP contribution >= 0.6 is 0 Å². The monoisotopic (exact) mass is 307 g/mol. The lowest BCUT2D eigenvalue weighted by Gasteiger charge is -2.13. The van der Waals surface area contributed by atoms with Gasteiger partial charge in [0.05, 0.1) is 5.56 Å². The van der Waals surface area contributed by atoms with E-state index in [1.165, 1.54) is 6.07 Å². The van der Waals surface area contributed by atoms with E-state index in [1.807, 2.05) is 32.0 Å². The highest BCUT2D eigenvalue weighted by Gasteiger charge is 2.31. The van der Waals surface area contributed by atoms with Gasteiger partial charge in [0.15, 0.2) is 0 Å². The van der Waals surface area contributed by atoms with Gasteiger partial charge in [-0.3, -0.25) is 4.79 Å². The van der Waals surface area contributed by atoms with Crippen LogP contribution in [0.25, 0.3) is 11.1 Å².